The minimum atomic E-state index is 0.0942. The molecule has 0 aromatic carbocycles. The van der Waals surface area contributed by atoms with Gasteiger partial charge in [-0.25, -0.2) is 4.98 Å². The van der Waals surface area contributed by atoms with Crippen LogP contribution in [0.3, 0.4) is 0 Å². The monoisotopic (exact) mass is 231 g/mol. The van der Waals surface area contributed by atoms with Gasteiger partial charge in [0.2, 0.25) is 0 Å². The van der Waals surface area contributed by atoms with Crippen LogP contribution in [-0.4, -0.2) is 29.3 Å². The Kier molecular flexibility index (Phi) is 3.60. The molecule has 1 N–H and O–H groups in total. The molecule has 0 bridgehead atoms. The summed E-state index contributed by atoms with van der Waals surface area (Å²) in [6.45, 7) is 2.56. The van der Waals surface area contributed by atoms with Gasteiger partial charge in [0.15, 0.2) is 0 Å². The molecule has 0 saturated heterocycles. The normalized spacial score (nSPS) is 15.1. The van der Waals surface area contributed by atoms with Crippen LogP contribution in [0.2, 0.25) is 0 Å². The molecule has 0 unspecified atom stereocenters. The van der Waals surface area contributed by atoms with Crippen molar-refractivity contribution < 1.29 is 5.11 Å². The number of aromatic nitrogens is 1. The van der Waals surface area contributed by atoms with E-state index < -0.39 is 0 Å². The van der Waals surface area contributed by atoms with Crippen LogP contribution in [-0.2, 0) is 0 Å². The van der Waals surface area contributed by atoms with Gasteiger partial charge in [-0.1, -0.05) is 0 Å². The fourth-order valence-corrected chi connectivity index (χ4v) is 2.12. The highest BCUT2D eigenvalue weighted by molar-refractivity contribution is 5.55. The summed E-state index contributed by atoms with van der Waals surface area (Å²) in [7, 11) is 0. The fourth-order valence-electron chi connectivity index (χ4n) is 2.12. The van der Waals surface area contributed by atoms with Crippen LogP contribution in [0.15, 0.2) is 12.1 Å². The van der Waals surface area contributed by atoms with Crippen molar-refractivity contribution in [3.05, 3.63) is 23.4 Å². The summed E-state index contributed by atoms with van der Waals surface area (Å²) in [4.78, 5) is 6.54. The highest BCUT2D eigenvalue weighted by Crippen LogP contribution is 2.30. The van der Waals surface area contributed by atoms with Gasteiger partial charge in [-0.15, -0.1) is 0 Å². The number of pyridine rings is 1. The van der Waals surface area contributed by atoms with E-state index in [1.165, 1.54) is 6.42 Å². The van der Waals surface area contributed by atoms with E-state index in [9.17, 15) is 0 Å². The Hall–Kier alpha value is -1.60. The molecule has 0 radical (unpaired) electrons. The zero-order chi connectivity index (χ0) is 12.3. The highest BCUT2D eigenvalue weighted by atomic mass is 16.3. The Morgan fingerprint density at radius 2 is 2.29 bits per heavy atom. The number of hydrogen-bond donors (Lipinski definition) is 1. The van der Waals surface area contributed by atoms with E-state index in [1.54, 1.807) is 6.07 Å². The first kappa shape index (κ1) is 11.9. The molecule has 1 aromatic rings. The lowest BCUT2D eigenvalue weighted by Gasteiger charge is -2.38. The van der Waals surface area contributed by atoms with E-state index in [0.29, 0.717) is 18.2 Å². The number of aryl methyl sites for hydroxylation is 1. The average molecular weight is 231 g/mol. The third kappa shape index (κ3) is 2.40. The van der Waals surface area contributed by atoms with E-state index in [2.05, 4.69) is 16.0 Å². The molecule has 0 spiro atoms. The fraction of sp³-hybridized carbons (Fsp3) is 0.538. The van der Waals surface area contributed by atoms with Gasteiger partial charge < -0.3 is 10.0 Å². The van der Waals surface area contributed by atoms with Crippen LogP contribution >= 0.6 is 0 Å². The summed E-state index contributed by atoms with van der Waals surface area (Å²) >= 11 is 0. The molecule has 0 aliphatic heterocycles. The second-order valence-corrected chi connectivity index (χ2v) is 4.44. The second kappa shape index (κ2) is 5.15. The van der Waals surface area contributed by atoms with Crippen LogP contribution in [0.25, 0.3) is 0 Å². The quantitative estimate of drug-likeness (QED) is 0.855. The van der Waals surface area contributed by atoms with Crippen molar-refractivity contribution in [2.75, 3.05) is 18.1 Å². The first-order chi connectivity index (χ1) is 8.26. The topological polar surface area (TPSA) is 60.2 Å². The van der Waals surface area contributed by atoms with E-state index in [0.717, 1.165) is 24.4 Å². The summed E-state index contributed by atoms with van der Waals surface area (Å²) in [5, 5.41) is 18.3. The molecule has 17 heavy (non-hydrogen) atoms. The minimum Gasteiger partial charge on any atom is -0.395 e. The molecule has 2 rings (SSSR count). The maximum absolute atomic E-state index is 9.15. The summed E-state index contributed by atoms with van der Waals surface area (Å²) in [5.74, 6) is 0.728. The molecule has 90 valence electrons. The first-order valence-corrected chi connectivity index (χ1v) is 6.01. The minimum absolute atomic E-state index is 0.0942. The van der Waals surface area contributed by atoms with Crippen molar-refractivity contribution in [3.63, 3.8) is 0 Å². The van der Waals surface area contributed by atoms with E-state index in [-0.39, 0.29) is 6.61 Å². The van der Waals surface area contributed by atoms with Gasteiger partial charge in [0, 0.05) is 18.3 Å². The van der Waals surface area contributed by atoms with Crippen LogP contribution in [0.5, 0.6) is 0 Å². The molecule has 1 aliphatic carbocycles. The Labute approximate surface area is 102 Å². The van der Waals surface area contributed by atoms with E-state index >= 15 is 0 Å². The van der Waals surface area contributed by atoms with Crippen molar-refractivity contribution in [1.29, 1.82) is 5.26 Å². The van der Waals surface area contributed by atoms with Crippen molar-refractivity contribution in [1.82, 2.24) is 4.98 Å². The Balaban J connectivity index is 2.33. The molecule has 4 nitrogen and oxygen atoms in total. The third-order valence-corrected chi connectivity index (χ3v) is 3.26. The average Bonchev–Trinajstić information content (AvgIpc) is 2.26. The maximum atomic E-state index is 9.15. The van der Waals surface area contributed by atoms with Gasteiger partial charge in [0.1, 0.15) is 11.9 Å². The molecule has 1 aliphatic rings. The Morgan fingerprint density at radius 3 is 2.82 bits per heavy atom. The maximum Gasteiger partial charge on any atom is 0.147 e. The standard InChI is InChI=1S/C13H17N3O/c1-10-5-6-11(9-14)13(15-10)16(7-8-17)12-3-2-4-12/h5-6,12,17H,2-4,7-8H2,1H3. The van der Waals surface area contributed by atoms with Crippen molar-refractivity contribution >= 4 is 5.82 Å². The third-order valence-electron chi connectivity index (χ3n) is 3.26. The van der Waals surface area contributed by atoms with Gasteiger partial charge in [0.05, 0.1) is 12.2 Å². The number of nitrogens with zero attached hydrogens (tertiary/aromatic N) is 3. The van der Waals surface area contributed by atoms with Gasteiger partial charge >= 0.3 is 0 Å². The molecule has 0 atom stereocenters. The van der Waals surface area contributed by atoms with Crippen LogP contribution in [0.4, 0.5) is 5.82 Å². The number of anilines is 1. The van der Waals surface area contributed by atoms with E-state index in [4.69, 9.17) is 10.4 Å². The van der Waals surface area contributed by atoms with Crippen molar-refractivity contribution in [3.8, 4) is 6.07 Å². The van der Waals surface area contributed by atoms with Gasteiger partial charge in [0.25, 0.3) is 0 Å². The van der Waals surface area contributed by atoms with Crippen LogP contribution in [0, 0.1) is 18.3 Å². The molecular formula is C13H17N3O. The van der Waals surface area contributed by atoms with Gasteiger partial charge in [-0.05, 0) is 38.3 Å². The molecule has 1 aromatic heterocycles. The number of rotatable bonds is 4. The Morgan fingerprint density at radius 1 is 1.53 bits per heavy atom. The predicted molar refractivity (Wildman–Crippen MR) is 65.8 cm³/mol. The molecule has 4 heteroatoms. The molecule has 1 heterocycles. The highest BCUT2D eigenvalue weighted by Gasteiger charge is 2.27. The molecular weight excluding hydrogens is 214 g/mol. The van der Waals surface area contributed by atoms with Crippen LogP contribution < -0.4 is 4.90 Å². The largest absolute Gasteiger partial charge is 0.395 e. The smallest absolute Gasteiger partial charge is 0.147 e. The lowest BCUT2D eigenvalue weighted by atomic mass is 9.91. The molecule has 1 fully saturated rings. The summed E-state index contributed by atoms with van der Waals surface area (Å²) in [6.07, 6.45) is 3.47. The lowest BCUT2D eigenvalue weighted by Crippen LogP contribution is -2.42. The second-order valence-electron chi connectivity index (χ2n) is 4.44. The zero-order valence-corrected chi connectivity index (χ0v) is 10.1. The lowest BCUT2D eigenvalue weighted by molar-refractivity contribution is 0.283. The SMILES string of the molecule is Cc1ccc(C#N)c(N(CCO)C2CCC2)n1. The predicted octanol–water partition coefficient (Wildman–Crippen LogP) is 1.61. The number of hydrogen-bond acceptors (Lipinski definition) is 4. The Bertz CT molecular complexity index is 435. The van der Waals surface area contributed by atoms with Gasteiger partial charge in [-0.3, -0.25) is 0 Å². The summed E-state index contributed by atoms with van der Waals surface area (Å²) in [5.41, 5.74) is 1.50. The van der Waals surface area contributed by atoms with Crippen molar-refractivity contribution in [2.45, 2.75) is 32.2 Å². The van der Waals surface area contributed by atoms with Crippen molar-refractivity contribution in [2.24, 2.45) is 0 Å². The van der Waals surface area contributed by atoms with Gasteiger partial charge in [-0.2, -0.15) is 5.26 Å². The molecule has 0 amide bonds. The summed E-state index contributed by atoms with van der Waals surface area (Å²) in [6, 6.07) is 6.27. The number of nitriles is 1. The summed E-state index contributed by atoms with van der Waals surface area (Å²) < 4.78 is 0. The first-order valence-electron chi connectivity index (χ1n) is 6.01. The van der Waals surface area contributed by atoms with E-state index in [1.807, 2.05) is 13.0 Å². The van der Waals surface area contributed by atoms with Crippen LogP contribution in [0.1, 0.15) is 30.5 Å². The molecule has 1 saturated carbocycles. The zero-order valence-electron chi connectivity index (χ0n) is 10.1. The number of aliphatic hydroxyl groups is 1. The number of aliphatic hydroxyl groups excluding tert-OH is 1.